The van der Waals surface area contributed by atoms with E-state index in [-0.39, 0.29) is 0 Å². The summed E-state index contributed by atoms with van der Waals surface area (Å²) in [7, 11) is 0. The number of thiophene rings is 1. The van der Waals surface area contributed by atoms with Crippen LogP contribution in [0.5, 0.6) is 5.75 Å². The summed E-state index contributed by atoms with van der Waals surface area (Å²) in [5, 5.41) is 1.06. The summed E-state index contributed by atoms with van der Waals surface area (Å²) >= 11 is 19.7. The lowest BCUT2D eigenvalue weighted by molar-refractivity contribution is 0.307. The molecular formula is C14H13Cl3OS. The SMILES string of the molecule is CCc1ccc(COc2c(Cl)cc(Cl)cc2CCl)s1. The zero-order valence-corrected chi connectivity index (χ0v) is 13.5. The number of rotatable bonds is 5. The van der Waals surface area contributed by atoms with Gasteiger partial charge >= 0.3 is 0 Å². The normalized spacial score (nSPS) is 10.7. The highest BCUT2D eigenvalue weighted by atomic mass is 35.5. The minimum atomic E-state index is 0.320. The predicted molar refractivity (Wildman–Crippen MR) is 84.0 cm³/mol. The van der Waals surface area contributed by atoms with Crippen LogP contribution in [0.4, 0.5) is 0 Å². The van der Waals surface area contributed by atoms with Crippen molar-refractivity contribution < 1.29 is 4.74 Å². The Kier molecular flexibility index (Phi) is 5.40. The molecule has 1 aromatic heterocycles. The molecule has 102 valence electrons. The molecule has 0 aliphatic carbocycles. The van der Waals surface area contributed by atoms with Gasteiger partial charge in [-0.25, -0.2) is 0 Å². The largest absolute Gasteiger partial charge is 0.486 e. The molecule has 0 saturated heterocycles. The van der Waals surface area contributed by atoms with Gasteiger partial charge in [0.25, 0.3) is 0 Å². The molecule has 0 unspecified atom stereocenters. The van der Waals surface area contributed by atoms with Gasteiger partial charge in [0.2, 0.25) is 0 Å². The van der Waals surface area contributed by atoms with Gasteiger partial charge in [0, 0.05) is 20.3 Å². The monoisotopic (exact) mass is 334 g/mol. The van der Waals surface area contributed by atoms with E-state index in [0.29, 0.717) is 28.3 Å². The van der Waals surface area contributed by atoms with E-state index in [2.05, 4.69) is 19.1 Å². The molecule has 1 aromatic carbocycles. The summed E-state index contributed by atoms with van der Waals surface area (Å²) in [4.78, 5) is 2.52. The second-order valence-corrected chi connectivity index (χ2v) is 6.38. The van der Waals surface area contributed by atoms with Gasteiger partial charge < -0.3 is 4.74 Å². The van der Waals surface area contributed by atoms with Crippen LogP contribution in [-0.4, -0.2) is 0 Å². The molecule has 2 rings (SSSR count). The summed E-state index contributed by atoms with van der Waals surface area (Å²) in [6.45, 7) is 2.63. The van der Waals surface area contributed by atoms with E-state index >= 15 is 0 Å². The summed E-state index contributed by atoms with van der Waals surface area (Å²) in [6, 6.07) is 7.64. The maximum atomic E-state index is 6.15. The highest BCUT2D eigenvalue weighted by Gasteiger charge is 2.11. The average molecular weight is 336 g/mol. The second kappa shape index (κ2) is 6.85. The molecule has 0 fully saturated rings. The molecule has 0 saturated carbocycles. The van der Waals surface area contributed by atoms with E-state index in [1.807, 2.05) is 0 Å². The molecule has 0 aliphatic rings. The van der Waals surface area contributed by atoms with Crippen LogP contribution in [0, 0.1) is 0 Å². The van der Waals surface area contributed by atoms with E-state index in [1.165, 1.54) is 9.75 Å². The van der Waals surface area contributed by atoms with E-state index in [4.69, 9.17) is 39.5 Å². The number of alkyl halides is 1. The molecule has 2 aromatic rings. The van der Waals surface area contributed by atoms with Crippen LogP contribution < -0.4 is 4.74 Å². The first-order valence-electron chi connectivity index (χ1n) is 5.88. The van der Waals surface area contributed by atoms with Crippen LogP contribution >= 0.6 is 46.1 Å². The Morgan fingerprint density at radius 1 is 1.16 bits per heavy atom. The molecule has 1 heterocycles. The van der Waals surface area contributed by atoms with Crippen LogP contribution in [0.2, 0.25) is 10.0 Å². The minimum absolute atomic E-state index is 0.320. The quantitative estimate of drug-likeness (QED) is 0.615. The zero-order valence-electron chi connectivity index (χ0n) is 10.4. The summed E-state index contributed by atoms with van der Waals surface area (Å²) in [5.74, 6) is 0.938. The number of hydrogen-bond donors (Lipinski definition) is 0. The van der Waals surface area contributed by atoms with Gasteiger partial charge in [-0.1, -0.05) is 30.1 Å². The average Bonchev–Trinajstić information content (AvgIpc) is 2.84. The highest BCUT2D eigenvalue weighted by Crippen LogP contribution is 2.34. The smallest absolute Gasteiger partial charge is 0.142 e. The molecule has 0 amide bonds. The number of halogens is 3. The standard InChI is InChI=1S/C14H13Cl3OS/c1-2-11-3-4-12(19-11)8-18-14-9(7-15)5-10(16)6-13(14)17/h3-6H,2,7-8H2,1H3. The maximum Gasteiger partial charge on any atom is 0.142 e. The predicted octanol–water partition coefficient (Wildman–Crippen LogP) is 5.94. The molecule has 5 heteroatoms. The van der Waals surface area contributed by atoms with Gasteiger partial charge in [0.05, 0.1) is 10.9 Å². The third-order valence-electron chi connectivity index (χ3n) is 2.65. The van der Waals surface area contributed by atoms with Crippen molar-refractivity contribution in [3.8, 4) is 5.75 Å². The lowest BCUT2D eigenvalue weighted by Gasteiger charge is -2.11. The van der Waals surface area contributed by atoms with Gasteiger partial charge in [-0.05, 0) is 30.7 Å². The van der Waals surface area contributed by atoms with E-state index in [9.17, 15) is 0 Å². The van der Waals surface area contributed by atoms with Crippen LogP contribution in [0.3, 0.4) is 0 Å². The summed E-state index contributed by atoms with van der Waals surface area (Å²) < 4.78 is 5.79. The topological polar surface area (TPSA) is 9.23 Å². The Hall–Kier alpha value is -0.410. The van der Waals surface area contributed by atoms with Gasteiger partial charge in [-0.15, -0.1) is 22.9 Å². The van der Waals surface area contributed by atoms with Crippen molar-refractivity contribution in [2.45, 2.75) is 25.8 Å². The molecule has 0 radical (unpaired) electrons. The Balaban J connectivity index is 2.14. The molecule has 0 spiro atoms. The minimum Gasteiger partial charge on any atom is -0.486 e. The lowest BCUT2D eigenvalue weighted by atomic mass is 10.2. The molecule has 19 heavy (non-hydrogen) atoms. The molecule has 0 N–H and O–H groups in total. The van der Waals surface area contributed by atoms with Crippen molar-refractivity contribution in [1.29, 1.82) is 0 Å². The first kappa shape index (κ1) is 15.0. The van der Waals surface area contributed by atoms with Crippen LogP contribution in [0.15, 0.2) is 24.3 Å². The maximum absolute atomic E-state index is 6.15. The third-order valence-corrected chi connectivity index (χ3v) is 4.64. The molecule has 0 bridgehead atoms. The Bertz CT molecular complexity index is 566. The fourth-order valence-corrected chi connectivity index (χ4v) is 3.37. The van der Waals surface area contributed by atoms with Gasteiger partial charge in [-0.2, -0.15) is 0 Å². The lowest BCUT2D eigenvalue weighted by Crippen LogP contribution is -1.97. The number of aryl methyl sites for hydroxylation is 1. The van der Waals surface area contributed by atoms with Gasteiger partial charge in [-0.3, -0.25) is 0 Å². The van der Waals surface area contributed by atoms with Gasteiger partial charge in [0.1, 0.15) is 12.4 Å². The molecule has 0 aliphatic heterocycles. The summed E-state index contributed by atoms with van der Waals surface area (Å²) in [6.07, 6.45) is 1.04. The summed E-state index contributed by atoms with van der Waals surface area (Å²) in [5.41, 5.74) is 0.812. The Labute approximate surface area is 132 Å². The van der Waals surface area contributed by atoms with Crippen LogP contribution in [-0.2, 0) is 18.9 Å². The van der Waals surface area contributed by atoms with Gasteiger partial charge in [0.15, 0.2) is 0 Å². The number of benzene rings is 1. The third kappa shape index (κ3) is 3.79. The fraction of sp³-hybridized carbons (Fsp3) is 0.286. The van der Waals surface area contributed by atoms with Crippen molar-refractivity contribution in [2.75, 3.05) is 0 Å². The van der Waals surface area contributed by atoms with Crippen molar-refractivity contribution in [1.82, 2.24) is 0 Å². The van der Waals surface area contributed by atoms with Crippen molar-refractivity contribution in [3.63, 3.8) is 0 Å². The van der Waals surface area contributed by atoms with Crippen molar-refractivity contribution in [2.24, 2.45) is 0 Å². The number of ether oxygens (including phenoxy) is 1. The molecule has 0 atom stereocenters. The van der Waals surface area contributed by atoms with Crippen molar-refractivity contribution >= 4 is 46.1 Å². The molecular weight excluding hydrogens is 323 g/mol. The molecule has 1 nitrogen and oxygen atoms in total. The zero-order chi connectivity index (χ0) is 13.8. The second-order valence-electron chi connectivity index (χ2n) is 4.02. The van der Waals surface area contributed by atoms with E-state index in [0.717, 1.165) is 12.0 Å². The van der Waals surface area contributed by atoms with Crippen molar-refractivity contribution in [3.05, 3.63) is 49.6 Å². The first-order valence-corrected chi connectivity index (χ1v) is 7.99. The van der Waals surface area contributed by atoms with Crippen LogP contribution in [0.25, 0.3) is 0 Å². The highest BCUT2D eigenvalue weighted by molar-refractivity contribution is 7.11. The number of hydrogen-bond acceptors (Lipinski definition) is 2. The fourth-order valence-electron chi connectivity index (χ4n) is 1.71. The Morgan fingerprint density at radius 3 is 2.53 bits per heavy atom. The van der Waals surface area contributed by atoms with E-state index in [1.54, 1.807) is 23.5 Å². The van der Waals surface area contributed by atoms with Crippen LogP contribution in [0.1, 0.15) is 22.2 Å². The Morgan fingerprint density at radius 2 is 1.89 bits per heavy atom. The first-order chi connectivity index (χ1) is 9.13. The van der Waals surface area contributed by atoms with E-state index < -0.39 is 0 Å².